The number of nitrogens with zero attached hydrogens (tertiary/aromatic N) is 3. The summed E-state index contributed by atoms with van der Waals surface area (Å²) >= 11 is 3.05. The van der Waals surface area contributed by atoms with Crippen LogP contribution in [0.1, 0.15) is 28.0 Å². The number of benzene rings is 1. The van der Waals surface area contributed by atoms with Crippen molar-refractivity contribution in [3.63, 3.8) is 0 Å². The molecule has 0 bridgehead atoms. The molecule has 1 fully saturated rings. The van der Waals surface area contributed by atoms with Gasteiger partial charge < -0.3 is 19.4 Å². The number of carbonyl (C=O) groups is 1. The van der Waals surface area contributed by atoms with Crippen LogP contribution in [0.5, 0.6) is 0 Å². The second-order valence-corrected chi connectivity index (χ2v) is 8.93. The summed E-state index contributed by atoms with van der Waals surface area (Å²) in [6, 6.07) is 5.77. The quantitative estimate of drug-likeness (QED) is 0.517. The van der Waals surface area contributed by atoms with Crippen LogP contribution in [0.3, 0.4) is 0 Å². The Morgan fingerprint density at radius 3 is 2.79 bits per heavy atom. The summed E-state index contributed by atoms with van der Waals surface area (Å²) in [6.07, 6.45) is 0.787. The number of aryl methyl sites for hydroxylation is 2. The lowest BCUT2D eigenvalue weighted by Gasteiger charge is -2.25. The van der Waals surface area contributed by atoms with Gasteiger partial charge >= 0.3 is 0 Å². The Labute approximate surface area is 175 Å². The fourth-order valence-electron chi connectivity index (χ4n) is 3.45. The fraction of sp³-hybridized carbons (Fsp3) is 0.350. The summed E-state index contributed by atoms with van der Waals surface area (Å²) in [4.78, 5) is 25.8. The number of oxazole rings is 1. The van der Waals surface area contributed by atoms with Gasteiger partial charge in [-0.25, -0.2) is 9.97 Å². The highest BCUT2D eigenvalue weighted by atomic mass is 32.1. The van der Waals surface area contributed by atoms with Crippen molar-refractivity contribution in [2.45, 2.75) is 20.3 Å². The van der Waals surface area contributed by atoms with E-state index in [2.05, 4.69) is 22.1 Å². The van der Waals surface area contributed by atoms with Crippen LogP contribution in [0.4, 0.5) is 10.8 Å². The number of rotatable bonds is 4. The molecule has 0 unspecified atom stereocenters. The maximum atomic E-state index is 12.9. The molecule has 0 saturated carbocycles. The van der Waals surface area contributed by atoms with Crippen LogP contribution in [-0.2, 0) is 11.2 Å². The molecule has 0 spiro atoms. The smallest absolute Gasteiger partial charge is 0.265 e. The zero-order chi connectivity index (χ0) is 20.0. The maximum Gasteiger partial charge on any atom is 0.265 e. The molecule has 0 atom stereocenters. The maximum absolute atomic E-state index is 12.9. The highest BCUT2D eigenvalue weighted by Gasteiger charge is 2.19. The van der Waals surface area contributed by atoms with E-state index in [0.717, 1.165) is 69.7 Å². The van der Waals surface area contributed by atoms with Gasteiger partial charge in [0, 0.05) is 25.7 Å². The summed E-state index contributed by atoms with van der Waals surface area (Å²) in [5.41, 5.74) is 3.29. The van der Waals surface area contributed by atoms with Crippen molar-refractivity contribution in [1.82, 2.24) is 9.97 Å². The second kappa shape index (κ2) is 7.40. The van der Waals surface area contributed by atoms with E-state index in [1.807, 2.05) is 25.1 Å². The van der Waals surface area contributed by atoms with Crippen LogP contribution in [0.2, 0.25) is 0 Å². The zero-order valence-corrected chi connectivity index (χ0v) is 17.8. The number of thiophene rings is 1. The van der Waals surface area contributed by atoms with E-state index in [9.17, 15) is 4.79 Å². The largest absolute Gasteiger partial charge is 0.441 e. The number of amides is 1. The predicted octanol–water partition coefficient (Wildman–Crippen LogP) is 4.46. The fourth-order valence-corrected chi connectivity index (χ4v) is 5.61. The first-order valence-corrected chi connectivity index (χ1v) is 11.2. The summed E-state index contributed by atoms with van der Waals surface area (Å²) in [5, 5.41) is 4.05. The topological polar surface area (TPSA) is 80.5 Å². The first-order valence-electron chi connectivity index (χ1n) is 9.55. The lowest BCUT2D eigenvalue weighted by Crippen LogP contribution is -2.36. The number of anilines is 2. The number of ether oxygens (including phenoxy) is 1. The molecular weight excluding hydrogens is 408 g/mol. The SMILES string of the molecule is CCc1cc2oc(C)nc2cc1NC(=O)c1cc2sc(N3CCOCC3)nc2s1. The Hall–Kier alpha value is -2.49. The molecule has 0 radical (unpaired) electrons. The standard InChI is InChI=1S/C20H20N4O3S2/c1-3-12-8-15-14(21-11(2)27-15)9-13(12)22-18(25)16-10-17-19(28-16)23-20(29-17)24-4-6-26-7-5-24/h8-10H,3-7H2,1-2H3,(H,22,25). The molecule has 0 aliphatic carbocycles. The molecule has 150 valence electrons. The van der Waals surface area contributed by atoms with E-state index >= 15 is 0 Å². The van der Waals surface area contributed by atoms with Gasteiger partial charge in [0.25, 0.3) is 5.91 Å². The second-order valence-electron chi connectivity index (χ2n) is 6.89. The summed E-state index contributed by atoms with van der Waals surface area (Å²) in [7, 11) is 0. The van der Waals surface area contributed by atoms with E-state index in [1.54, 1.807) is 11.3 Å². The number of thiazole rings is 1. The molecule has 3 aromatic heterocycles. The predicted molar refractivity (Wildman–Crippen MR) is 117 cm³/mol. The van der Waals surface area contributed by atoms with Crippen molar-refractivity contribution < 1.29 is 13.9 Å². The third-order valence-corrected chi connectivity index (χ3v) is 7.15. The highest BCUT2D eigenvalue weighted by Crippen LogP contribution is 2.35. The molecule has 7 nitrogen and oxygen atoms in total. The average Bonchev–Trinajstić information content (AvgIpc) is 3.39. The average molecular weight is 429 g/mol. The van der Waals surface area contributed by atoms with Crippen molar-refractivity contribution in [2.24, 2.45) is 0 Å². The summed E-state index contributed by atoms with van der Waals surface area (Å²) in [5.74, 6) is 0.494. The first kappa shape index (κ1) is 18.5. The number of morpholine rings is 1. The molecule has 1 saturated heterocycles. The van der Waals surface area contributed by atoms with Crippen LogP contribution in [0, 0.1) is 6.92 Å². The molecule has 1 aromatic carbocycles. The van der Waals surface area contributed by atoms with E-state index in [-0.39, 0.29) is 5.91 Å². The number of aromatic nitrogens is 2. The van der Waals surface area contributed by atoms with Crippen LogP contribution in [-0.4, -0.2) is 42.2 Å². The highest BCUT2D eigenvalue weighted by molar-refractivity contribution is 7.29. The van der Waals surface area contributed by atoms with Crippen molar-refractivity contribution in [3.05, 3.63) is 34.5 Å². The van der Waals surface area contributed by atoms with Gasteiger partial charge in [0.05, 0.1) is 22.8 Å². The zero-order valence-electron chi connectivity index (χ0n) is 16.2. The number of carbonyl (C=O) groups excluding carboxylic acids is 1. The summed E-state index contributed by atoms with van der Waals surface area (Å²) in [6.45, 7) is 7.06. The molecule has 5 rings (SSSR count). The Morgan fingerprint density at radius 2 is 2.03 bits per heavy atom. The minimum absolute atomic E-state index is 0.123. The third-order valence-electron chi connectivity index (χ3n) is 4.93. The van der Waals surface area contributed by atoms with Crippen molar-refractivity contribution in [1.29, 1.82) is 0 Å². The lowest BCUT2D eigenvalue weighted by molar-refractivity contribution is 0.103. The Bertz CT molecular complexity index is 1170. The first-order chi connectivity index (χ1) is 14.1. The Morgan fingerprint density at radius 1 is 1.21 bits per heavy atom. The normalized spacial score (nSPS) is 14.8. The van der Waals surface area contributed by atoms with Crippen molar-refractivity contribution in [3.8, 4) is 0 Å². The van der Waals surface area contributed by atoms with Gasteiger partial charge in [0.1, 0.15) is 10.3 Å². The van der Waals surface area contributed by atoms with E-state index in [0.29, 0.717) is 10.8 Å². The van der Waals surface area contributed by atoms with Gasteiger partial charge in [-0.2, -0.15) is 0 Å². The van der Waals surface area contributed by atoms with Crippen LogP contribution < -0.4 is 10.2 Å². The van der Waals surface area contributed by atoms with E-state index in [1.165, 1.54) is 11.3 Å². The minimum Gasteiger partial charge on any atom is -0.441 e. The van der Waals surface area contributed by atoms with Gasteiger partial charge in [-0.1, -0.05) is 18.3 Å². The minimum atomic E-state index is -0.123. The molecule has 4 aromatic rings. The molecule has 1 aliphatic heterocycles. The number of hydrogen-bond donors (Lipinski definition) is 1. The molecule has 29 heavy (non-hydrogen) atoms. The number of fused-ring (bicyclic) bond motifs is 2. The van der Waals surface area contributed by atoms with Gasteiger partial charge in [-0.15, -0.1) is 11.3 Å². The molecular formula is C20H20N4O3S2. The Balaban J connectivity index is 1.39. The monoisotopic (exact) mass is 428 g/mol. The molecule has 9 heteroatoms. The van der Waals surface area contributed by atoms with Crippen LogP contribution in [0.15, 0.2) is 22.6 Å². The van der Waals surface area contributed by atoms with Crippen LogP contribution >= 0.6 is 22.7 Å². The van der Waals surface area contributed by atoms with Crippen molar-refractivity contribution in [2.75, 3.05) is 36.5 Å². The summed E-state index contributed by atoms with van der Waals surface area (Å²) < 4.78 is 12.1. The van der Waals surface area contributed by atoms with Gasteiger partial charge in [-0.05, 0) is 30.2 Å². The van der Waals surface area contributed by atoms with Gasteiger partial charge in [0.15, 0.2) is 16.6 Å². The third kappa shape index (κ3) is 3.50. The van der Waals surface area contributed by atoms with E-state index in [4.69, 9.17) is 14.1 Å². The molecule has 1 aliphatic rings. The number of nitrogens with one attached hydrogen (secondary N) is 1. The van der Waals surface area contributed by atoms with Gasteiger partial charge in [0.2, 0.25) is 0 Å². The van der Waals surface area contributed by atoms with Crippen molar-refractivity contribution >= 4 is 60.0 Å². The number of hydrogen-bond acceptors (Lipinski definition) is 8. The Kier molecular flexibility index (Phi) is 4.73. The molecule has 4 heterocycles. The molecule has 1 amide bonds. The van der Waals surface area contributed by atoms with E-state index < -0.39 is 0 Å². The lowest BCUT2D eigenvalue weighted by atomic mass is 10.1. The van der Waals surface area contributed by atoms with Crippen LogP contribution in [0.25, 0.3) is 20.6 Å². The molecule has 1 N–H and O–H groups in total. The van der Waals surface area contributed by atoms with Gasteiger partial charge in [-0.3, -0.25) is 4.79 Å².